The first-order valence-corrected chi connectivity index (χ1v) is 5.42. The van der Waals surface area contributed by atoms with Crippen molar-refractivity contribution in [3.63, 3.8) is 0 Å². The standard InChI is InChI=1S/C7H8BrNO3S/c1-2-12-7(11)5(8)6-9-4(10)3-13-6/h2-3H2,1H3,(H,9,10)/b6-5+. The van der Waals surface area contributed by atoms with Gasteiger partial charge in [0.1, 0.15) is 4.48 Å². The molecule has 1 rings (SSSR count). The molecule has 1 amide bonds. The minimum atomic E-state index is -0.452. The van der Waals surface area contributed by atoms with E-state index in [9.17, 15) is 9.59 Å². The molecule has 1 fully saturated rings. The lowest BCUT2D eigenvalue weighted by atomic mass is 10.6. The third-order valence-electron chi connectivity index (χ3n) is 1.25. The summed E-state index contributed by atoms with van der Waals surface area (Å²) in [5.41, 5.74) is 0. The molecule has 0 bridgehead atoms. The number of carbonyl (C=O) groups excluding carboxylic acids is 2. The summed E-state index contributed by atoms with van der Waals surface area (Å²) in [6, 6.07) is 0. The molecule has 4 nitrogen and oxygen atoms in total. The maximum Gasteiger partial charge on any atom is 0.347 e. The molecule has 0 atom stereocenters. The zero-order valence-electron chi connectivity index (χ0n) is 6.93. The van der Waals surface area contributed by atoms with Gasteiger partial charge in [-0.2, -0.15) is 0 Å². The molecule has 13 heavy (non-hydrogen) atoms. The second-order valence-electron chi connectivity index (χ2n) is 2.20. The monoisotopic (exact) mass is 265 g/mol. The van der Waals surface area contributed by atoms with Gasteiger partial charge in [-0.25, -0.2) is 4.79 Å². The molecule has 0 radical (unpaired) electrons. The lowest BCUT2D eigenvalue weighted by Crippen LogP contribution is -2.16. The van der Waals surface area contributed by atoms with Crippen LogP contribution in [-0.4, -0.2) is 24.2 Å². The van der Waals surface area contributed by atoms with Crippen LogP contribution >= 0.6 is 27.7 Å². The van der Waals surface area contributed by atoms with Crippen LogP contribution in [0.2, 0.25) is 0 Å². The highest BCUT2D eigenvalue weighted by molar-refractivity contribution is 9.12. The number of hydrogen-bond acceptors (Lipinski definition) is 4. The molecular weight excluding hydrogens is 258 g/mol. The van der Waals surface area contributed by atoms with E-state index in [4.69, 9.17) is 4.74 Å². The SMILES string of the molecule is CCOC(=O)/C(Br)=C1/NC(=O)CS1. The average molecular weight is 266 g/mol. The Morgan fingerprint density at radius 1 is 1.77 bits per heavy atom. The molecule has 0 aliphatic carbocycles. The van der Waals surface area contributed by atoms with Gasteiger partial charge >= 0.3 is 5.97 Å². The van der Waals surface area contributed by atoms with Crippen LogP contribution in [0.4, 0.5) is 0 Å². The molecule has 0 spiro atoms. The van der Waals surface area contributed by atoms with E-state index in [1.807, 2.05) is 0 Å². The van der Waals surface area contributed by atoms with E-state index < -0.39 is 5.97 Å². The fraction of sp³-hybridized carbons (Fsp3) is 0.429. The minimum absolute atomic E-state index is 0.0961. The van der Waals surface area contributed by atoms with Crippen molar-refractivity contribution in [3.8, 4) is 0 Å². The molecular formula is C7H8BrNO3S. The number of carbonyl (C=O) groups is 2. The quantitative estimate of drug-likeness (QED) is 0.598. The zero-order chi connectivity index (χ0) is 9.84. The Bertz CT molecular complexity index is 277. The fourth-order valence-corrected chi connectivity index (χ4v) is 2.04. The molecule has 0 unspecified atom stereocenters. The van der Waals surface area contributed by atoms with Crippen LogP contribution in [0.3, 0.4) is 0 Å². The summed E-state index contributed by atoms with van der Waals surface area (Å²) in [5, 5.41) is 3.08. The molecule has 6 heteroatoms. The van der Waals surface area contributed by atoms with E-state index in [-0.39, 0.29) is 10.4 Å². The molecule has 0 aromatic heterocycles. The zero-order valence-corrected chi connectivity index (χ0v) is 9.33. The van der Waals surface area contributed by atoms with Gasteiger partial charge in [-0.3, -0.25) is 4.79 Å². The summed E-state index contributed by atoms with van der Waals surface area (Å²) in [5.74, 6) is -0.197. The lowest BCUT2D eigenvalue weighted by molar-refractivity contribution is -0.137. The maximum absolute atomic E-state index is 11.1. The van der Waals surface area contributed by atoms with Crippen molar-refractivity contribution in [1.82, 2.24) is 5.32 Å². The first-order chi connectivity index (χ1) is 6.15. The van der Waals surface area contributed by atoms with E-state index in [2.05, 4.69) is 21.2 Å². The number of hydrogen-bond donors (Lipinski definition) is 1. The number of halogens is 1. The Hall–Kier alpha value is -0.490. The minimum Gasteiger partial charge on any atom is -0.462 e. The van der Waals surface area contributed by atoms with Crippen molar-refractivity contribution in [1.29, 1.82) is 0 Å². The van der Waals surface area contributed by atoms with Gasteiger partial charge in [-0.15, -0.1) is 0 Å². The molecule has 0 aromatic rings. The van der Waals surface area contributed by atoms with Crippen LogP contribution in [-0.2, 0) is 14.3 Å². The molecule has 1 N–H and O–H groups in total. The second kappa shape index (κ2) is 4.66. The van der Waals surface area contributed by atoms with Gasteiger partial charge in [0.05, 0.1) is 17.4 Å². The van der Waals surface area contributed by atoms with Crippen LogP contribution in [0.1, 0.15) is 6.92 Å². The highest BCUT2D eigenvalue weighted by Crippen LogP contribution is 2.26. The molecule has 0 aromatic carbocycles. The van der Waals surface area contributed by atoms with E-state index >= 15 is 0 Å². The van der Waals surface area contributed by atoms with Gasteiger partial charge in [-0.05, 0) is 22.9 Å². The van der Waals surface area contributed by atoms with Gasteiger partial charge in [0, 0.05) is 0 Å². The third-order valence-corrected chi connectivity index (χ3v) is 3.24. The Labute approximate surface area is 88.2 Å². The van der Waals surface area contributed by atoms with Crippen molar-refractivity contribution in [3.05, 3.63) is 9.51 Å². The molecule has 1 aliphatic heterocycles. The lowest BCUT2D eigenvalue weighted by Gasteiger charge is -2.02. The third kappa shape index (κ3) is 2.73. The van der Waals surface area contributed by atoms with Crippen LogP contribution < -0.4 is 5.32 Å². The first kappa shape index (κ1) is 10.6. The number of nitrogens with one attached hydrogen (secondary N) is 1. The van der Waals surface area contributed by atoms with Gasteiger partial charge < -0.3 is 10.1 Å². The van der Waals surface area contributed by atoms with Crippen molar-refractivity contribution in [2.24, 2.45) is 0 Å². The van der Waals surface area contributed by atoms with Gasteiger partial charge in [-0.1, -0.05) is 11.8 Å². The Morgan fingerprint density at radius 2 is 2.46 bits per heavy atom. The Balaban J connectivity index is 2.68. The summed E-state index contributed by atoms with van der Waals surface area (Å²) in [7, 11) is 0. The molecule has 72 valence electrons. The van der Waals surface area contributed by atoms with Crippen LogP contribution in [0, 0.1) is 0 Å². The first-order valence-electron chi connectivity index (χ1n) is 3.64. The van der Waals surface area contributed by atoms with Gasteiger partial charge in [0.2, 0.25) is 5.91 Å². The summed E-state index contributed by atoms with van der Waals surface area (Å²) >= 11 is 4.35. The number of ether oxygens (including phenoxy) is 1. The molecule has 0 saturated carbocycles. The normalized spacial score (nSPS) is 19.7. The van der Waals surface area contributed by atoms with Crippen LogP contribution in [0.25, 0.3) is 0 Å². The predicted octanol–water partition coefficient (Wildman–Crippen LogP) is 0.977. The largest absolute Gasteiger partial charge is 0.462 e. The van der Waals surface area contributed by atoms with Crippen LogP contribution in [0.5, 0.6) is 0 Å². The smallest absolute Gasteiger partial charge is 0.347 e. The second-order valence-corrected chi connectivity index (χ2v) is 3.98. The predicted molar refractivity (Wildman–Crippen MR) is 53.2 cm³/mol. The van der Waals surface area contributed by atoms with E-state index in [0.29, 0.717) is 17.4 Å². The highest BCUT2D eigenvalue weighted by Gasteiger charge is 2.22. The number of thioether (sulfide) groups is 1. The maximum atomic E-state index is 11.1. The topological polar surface area (TPSA) is 55.4 Å². The van der Waals surface area contributed by atoms with E-state index in [0.717, 1.165) is 0 Å². The number of rotatable bonds is 2. The summed E-state index contributed by atoms with van der Waals surface area (Å²) < 4.78 is 5.03. The Morgan fingerprint density at radius 3 is 2.92 bits per heavy atom. The van der Waals surface area contributed by atoms with Crippen LogP contribution in [0.15, 0.2) is 9.51 Å². The molecule has 1 saturated heterocycles. The summed E-state index contributed by atoms with van der Waals surface area (Å²) in [6.07, 6.45) is 0. The summed E-state index contributed by atoms with van der Waals surface area (Å²) in [4.78, 5) is 21.9. The van der Waals surface area contributed by atoms with Gasteiger partial charge in [0.15, 0.2) is 0 Å². The van der Waals surface area contributed by atoms with Crippen molar-refractivity contribution < 1.29 is 14.3 Å². The van der Waals surface area contributed by atoms with Crippen molar-refractivity contribution >= 4 is 39.6 Å². The van der Waals surface area contributed by atoms with E-state index in [1.54, 1.807) is 6.92 Å². The number of esters is 1. The van der Waals surface area contributed by atoms with Gasteiger partial charge in [0.25, 0.3) is 0 Å². The molecule has 1 aliphatic rings. The fourth-order valence-electron chi connectivity index (χ4n) is 0.742. The van der Waals surface area contributed by atoms with Crippen molar-refractivity contribution in [2.75, 3.05) is 12.4 Å². The van der Waals surface area contributed by atoms with E-state index in [1.165, 1.54) is 11.8 Å². The molecule has 1 heterocycles. The Kier molecular flexibility index (Phi) is 3.80. The number of amides is 1. The average Bonchev–Trinajstić information content (AvgIpc) is 2.51. The van der Waals surface area contributed by atoms with Crippen molar-refractivity contribution in [2.45, 2.75) is 6.92 Å². The summed E-state index contributed by atoms with van der Waals surface area (Å²) in [6.45, 7) is 2.04. The highest BCUT2D eigenvalue weighted by atomic mass is 79.9.